The lowest BCUT2D eigenvalue weighted by molar-refractivity contribution is -0.142. The number of nitrogens with zero attached hydrogens (tertiary/aromatic N) is 1. The average molecular weight is 544 g/mol. The Bertz CT molecular complexity index is 953. The Morgan fingerprint density at radius 3 is 2.38 bits per heavy atom. The molecule has 0 bridgehead atoms. The van der Waals surface area contributed by atoms with Gasteiger partial charge in [-0.2, -0.15) is 0 Å². The van der Waals surface area contributed by atoms with E-state index in [2.05, 4.69) is 35.1 Å². The van der Waals surface area contributed by atoms with Gasteiger partial charge in [0.1, 0.15) is 11.8 Å². The van der Waals surface area contributed by atoms with E-state index >= 15 is 0 Å². The van der Waals surface area contributed by atoms with Gasteiger partial charge in [0.2, 0.25) is 5.91 Å². The van der Waals surface area contributed by atoms with Crippen LogP contribution in [0.15, 0.2) is 40.9 Å². The maximum Gasteiger partial charge on any atom is 0.261 e. The molecule has 0 spiro atoms. The monoisotopic (exact) mass is 542 g/mol. The summed E-state index contributed by atoms with van der Waals surface area (Å²) in [6, 6.07) is 10.4. The molecule has 2 amide bonds. The summed E-state index contributed by atoms with van der Waals surface area (Å²) in [6.45, 7) is 8.43. The number of carbonyl (C=O) groups excluding carboxylic acids is 2. The van der Waals surface area contributed by atoms with Crippen LogP contribution in [0.3, 0.4) is 0 Å². The van der Waals surface area contributed by atoms with Crippen molar-refractivity contribution in [2.45, 2.75) is 52.6 Å². The second kappa shape index (κ2) is 12.5. The number of halogens is 3. The van der Waals surface area contributed by atoms with Crippen molar-refractivity contribution in [3.63, 3.8) is 0 Å². The van der Waals surface area contributed by atoms with Gasteiger partial charge in [-0.15, -0.1) is 0 Å². The fraction of sp³-hybridized carbons (Fsp3) is 0.417. The van der Waals surface area contributed by atoms with Crippen LogP contribution in [0.5, 0.6) is 5.75 Å². The fourth-order valence-corrected chi connectivity index (χ4v) is 4.09. The molecule has 2 aromatic rings. The van der Waals surface area contributed by atoms with E-state index in [0.717, 1.165) is 10.0 Å². The van der Waals surface area contributed by atoms with Crippen molar-refractivity contribution in [3.8, 4) is 5.75 Å². The van der Waals surface area contributed by atoms with Crippen LogP contribution in [0.25, 0.3) is 0 Å². The van der Waals surface area contributed by atoms with Gasteiger partial charge in [-0.05, 0) is 70.6 Å². The zero-order valence-electron chi connectivity index (χ0n) is 18.8. The normalized spacial score (nSPS) is 11.9. The first kappa shape index (κ1) is 26.5. The first-order valence-electron chi connectivity index (χ1n) is 10.6. The summed E-state index contributed by atoms with van der Waals surface area (Å²) >= 11 is 15.7. The maximum absolute atomic E-state index is 13.2. The van der Waals surface area contributed by atoms with Crippen LogP contribution >= 0.6 is 39.1 Å². The SMILES string of the molecule is CCNC(=O)[C@@H](CC)N(Cc1ccc(Cl)c(Cl)c1)C(=O)COc1ccc(C(C)C)cc1Br. The Balaban J connectivity index is 2.24. The van der Waals surface area contributed by atoms with Gasteiger partial charge in [0.25, 0.3) is 5.91 Å². The van der Waals surface area contributed by atoms with E-state index in [0.29, 0.717) is 34.7 Å². The first-order valence-corrected chi connectivity index (χ1v) is 12.2. The van der Waals surface area contributed by atoms with Crippen molar-refractivity contribution >= 4 is 50.9 Å². The molecule has 2 aromatic carbocycles. The van der Waals surface area contributed by atoms with E-state index in [1.165, 1.54) is 10.5 Å². The fourth-order valence-electron chi connectivity index (χ4n) is 3.26. The van der Waals surface area contributed by atoms with E-state index in [1.54, 1.807) is 18.2 Å². The predicted octanol–water partition coefficient (Wildman–Crippen LogP) is 6.20. The average Bonchev–Trinajstić information content (AvgIpc) is 2.75. The highest BCUT2D eigenvalue weighted by Crippen LogP contribution is 2.29. The quantitative estimate of drug-likeness (QED) is 0.388. The van der Waals surface area contributed by atoms with Crippen molar-refractivity contribution in [1.82, 2.24) is 10.2 Å². The summed E-state index contributed by atoms with van der Waals surface area (Å²) in [6.07, 6.45) is 0.464. The largest absolute Gasteiger partial charge is 0.483 e. The molecule has 0 aliphatic rings. The molecule has 0 saturated heterocycles. The molecule has 0 aromatic heterocycles. The zero-order valence-corrected chi connectivity index (χ0v) is 21.9. The summed E-state index contributed by atoms with van der Waals surface area (Å²) in [5.74, 6) is 0.453. The Kier molecular flexibility index (Phi) is 10.3. The molecule has 0 radical (unpaired) electrons. The lowest BCUT2D eigenvalue weighted by atomic mass is 10.0. The van der Waals surface area contributed by atoms with Gasteiger partial charge >= 0.3 is 0 Å². The molecule has 0 aliphatic carbocycles. The van der Waals surface area contributed by atoms with Crippen molar-refractivity contribution in [2.75, 3.05) is 13.2 Å². The summed E-state index contributed by atoms with van der Waals surface area (Å²) < 4.78 is 6.59. The topological polar surface area (TPSA) is 58.6 Å². The van der Waals surface area contributed by atoms with Gasteiger partial charge in [0.15, 0.2) is 6.61 Å². The third-order valence-electron chi connectivity index (χ3n) is 5.05. The number of likely N-dealkylation sites (N-methyl/N-ethyl adjacent to an activating group) is 1. The third-order valence-corrected chi connectivity index (χ3v) is 6.41. The minimum absolute atomic E-state index is 0.198. The van der Waals surface area contributed by atoms with E-state index in [4.69, 9.17) is 27.9 Å². The summed E-state index contributed by atoms with van der Waals surface area (Å²) in [7, 11) is 0. The molecule has 2 rings (SSSR count). The van der Waals surface area contributed by atoms with E-state index in [-0.39, 0.29) is 25.0 Å². The van der Waals surface area contributed by atoms with E-state index in [1.807, 2.05) is 32.0 Å². The predicted molar refractivity (Wildman–Crippen MR) is 134 cm³/mol. The molecular weight excluding hydrogens is 515 g/mol. The van der Waals surface area contributed by atoms with Crippen LogP contribution in [-0.4, -0.2) is 35.9 Å². The van der Waals surface area contributed by atoms with Crippen LogP contribution in [0, 0.1) is 0 Å². The minimum atomic E-state index is -0.632. The van der Waals surface area contributed by atoms with Gasteiger partial charge in [0.05, 0.1) is 14.5 Å². The molecule has 0 saturated carbocycles. The molecule has 5 nitrogen and oxygen atoms in total. The molecule has 32 heavy (non-hydrogen) atoms. The molecular formula is C24H29BrCl2N2O3. The summed E-state index contributed by atoms with van der Waals surface area (Å²) in [5, 5.41) is 3.64. The number of ether oxygens (including phenoxy) is 1. The molecule has 0 unspecified atom stereocenters. The molecule has 174 valence electrons. The van der Waals surface area contributed by atoms with Gasteiger partial charge in [-0.3, -0.25) is 9.59 Å². The van der Waals surface area contributed by atoms with Crippen LogP contribution in [0.1, 0.15) is 51.2 Å². The molecule has 8 heteroatoms. The number of amides is 2. The molecule has 0 heterocycles. The van der Waals surface area contributed by atoms with Gasteiger partial charge in [-0.25, -0.2) is 0 Å². The number of rotatable bonds is 10. The summed E-state index contributed by atoms with van der Waals surface area (Å²) in [5.41, 5.74) is 1.94. The third kappa shape index (κ3) is 7.12. The van der Waals surface area contributed by atoms with Crippen LogP contribution in [0.4, 0.5) is 0 Å². The highest BCUT2D eigenvalue weighted by molar-refractivity contribution is 9.10. The van der Waals surface area contributed by atoms with Crippen LogP contribution in [0.2, 0.25) is 10.0 Å². The molecule has 0 aliphatic heterocycles. The van der Waals surface area contributed by atoms with Crippen LogP contribution < -0.4 is 10.1 Å². The minimum Gasteiger partial charge on any atom is -0.483 e. The second-order valence-corrected chi connectivity index (χ2v) is 9.39. The van der Waals surface area contributed by atoms with E-state index in [9.17, 15) is 9.59 Å². The highest BCUT2D eigenvalue weighted by Gasteiger charge is 2.29. The van der Waals surface area contributed by atoms with Gasteiger partial charge < -0.3 is 15.0 Å². The Labute approximate surface area is 208 Å². The lowest BCUT2D eigenvalue weighted by Gasteiger charge is -2.30. The maximum atomic E-state index is 13.2. The van der Waals surface area contributed by atoms with Crippen molar-refractivity contribution < 1.29 is 14.3 Å². The lowest BCUT2D eigenvalue weighted by Crippen LogP contribution is -2.50. The first-order chi connectivity index (χ1) is 15.2. The van der Waals surface area contributed by atoms with Crippen molar-refractivity contribution in [3.05, 3.63) is 62.0 Å². The van der Waals surface area contributed by atoms with E-state index < -0.39 is 6.04 Å². The van der Waals surface area contributed by atoms with Gasteiger partial charge in [0, 0.05) is 13.1 Å². The molecule has 1 N–H and O–H groups in total. The number of benzene rings is 2. The molecule has 0 fully saturated rings. The van der Waals surface area contributed by atoms with Gasteiger partial charge in [-0.1, -0.05) is 56.1 Å². The van der Waals surface area contributed by atoms with Crippen molar-refractivity contribution in [2.24, 2.45) is 0 Å². The Morgan fingerprint density at radius 2 is 1.81 bits per heavy atom. The number of carbonyl (C=O) groups is 2. The number of nitrogens with one attached hydrogen (secondary N) is 1. The second-order valence-electron chi connectivity index (χ2n) is 7.72. The standard InChI is InChI=1S/C24H29BrCl2N2O3/c1-5-21(24(31)28-6-2)29(13-16-7-9-19(26)20(27)11-16)23(30)14-32-22-10-8-17(15(3)4)12-18(22)25/h7-12,15,21H,5-6,13-14H2,1-4H3,(H,28,31)/t21-/m1/s1. The smallest absolute Gasteiger partial charge is 0.261 e. The number of hydrogen-bond acceptors (Lipinski definition) is 3. The van der Waals surface area contributed by atoms with Crippen molar-refractivity contribution in [1.29, 1.82) is 0 Å². The summed E-state index contributed by atoms with van der Waals surface area (Å²) in [4.78, 5) is 27.4. The molecule has 1 atom stereocenters. The Hall–Kier alpha value is -1.76. The highest BCUT2D eigenvalue weighted by atomic mass is 79.9. The Morgan fingerprint density at radius 1 is 1.09 bits per heavy atom. The van der Waals surface area contributed by atoms with Crippen LogP contribution in [-0.2, 0) is 16.1 Å². The zero-order chi connectivity index (χ0) is 23.8. The number of hydrogen-bond donors (Lipinski definition) is 1.